The third-order valence-corrected chi connectivity index (χ3v) is 8.32. The van der Waals surface area contributed by atoms with Gasteiger partial charge in [0.05, 0.1) is 5.75 Å². The third kappa shape index (κ3) is 7.23. The lowest BCUT2D eigenvalue weighted by molar-refractivity contribution is -0.116. The van der Waals surface area contributed by atoms with Crippen molar-refractivity contribution in [3.05, 3.63) is 129 Å². The van der Waals surface area contributed by atoms with Crippen molar-refractivity contribution >= 4 is 70.1 Å². The molecule has 0 saturated heterocycles. The Hall–Kier alpha value is -4.04. The molecular formula is C33H27Cl2N3O3S. The second kappa shape index (κ2) is 13.7. The molecule has 0 saturated carbocycles. The first-order valence-electron chi connectivity index (χ1n) is 13.3. The van der Waals surface area contributed by atoms with Crippen LogP contribution < -0.4 is 15.5 Å². The molecule has 4 aromatic rings. The molecule has 0 aromatic heterocycles. The largest absolute Gasteiger partial charge is 0.321 e. The summed E-state index contributed by atoms with van der Waals surface area (Å²) in [7, 11) is 0. The smallest absolute Gasteiger partial charge is 0.272 e. The summed E-state index contributed by atoms with van der Waals surface area (Å²) in [5.74, 6) is -0.720. The Morgan fingerprint density at radius 1 is 0.857 bits per heavy atom. The zero-order valence-corrected chi connectivity index (χ0v) is 24.8. The average Bonchev–Trinajstić information content (AvgIpc) is 3.01. The molecule has 3 amide bonds. The number of fused-ring (bicyclic) bond motifs is 1. The Morgan fingerprint density at radius 2 is 1.57 bits per heavy atom. The predicted molar refractivity (Wildman–Crippen MR) is 171 cm³/mol. The highest BCUT2D eigenvalue weighted by Gasteiger charge is 2.22. The fraction of sp³-hybridized carbons (Fsp3) is 0.121. The van der Waals surface area contributed by atoms with E-state index in [-0.39, 0.29) is 17.4 Å². The van der Waals surface area contributed by atoms with Crippen LogP contribution in [0.1, 0.15) is 27.9 Å². The number of hydrogen-bond donors (Lipinski definition) is 2. The number of hydrogen-bond acceptors (Lipinski definition) is 4. The van der Waals surface area contributed by atoms with Crippen molar-refractivity contribution in [2.75, 3.05) is 22.5 Å². The van der Waals surface area contributed by atoms with Gasteiger partial charge in [0.25, 0.3) is 11.8 Å². The van der Waals surface area contributed by atoms with Gasteiger partial charge in [0.2, 0.25) is 5.91 Å². The number of rotatable bonds is 8. The van der Waals surface area contributed by atoms with Crippen molar-refractivity contribution in [1.29, 1.82) is 0 Å². The van der Waals surface area contributed by atoms with E-state index in [4.69, 9.17) is 23.2 Å². The molecule has 2 N–H and O–H groups in total. The molecule has 1 aliphatic heterocycles. The normalized spacial score (nSPS) is 12.8. The SMILES string of the molecule is O=C(Nc1cccc(SCC(=O)N2CCCc3ccccc32)c1)/C(=C/c1c(Cl)cccc1Cl)NC(=O)c1ccccc1. The van der Waals surface area contributed by atoms with Gasteiger partial charge in [-0.2, -0.15) is 0 Å². The Kier molecular flexibility index (Phi) is 9.64. The van der Waals surface area contributed by atoms with Gasteiger partial charge in [-0.25, -0.2) is 0 Å². The molecule has 4 aromatic carbocycles. The molecule has 0 aliphatic carbocycles. The number of anilines is 2. The lowest BCUT2D eigenvalue weighted by atomic mass is 10.0. The minimum atomic E-state index is -0.557. The molecule has 0 unspecified atom stereocenters. The molecule has 42 heavy (non-hydrogen) atoms. The zero-order chi connectivity index (χ0) is 29.5. The maximum atomic E-state index is 13.5. The van der Waals surface area contributed by atoms with E-state index in [1.165, 1.54) is 23.4 Å². The van der Waals surface area contributed by atoms with Gasteiger partial charge in [-0.3, -0.25) is 14.4 Å². The van der Waals surface area contributed by atoms with Gasteiger partial charge in [-0.1, -0.05) is 71.7 Å². The third-order valence-electron chi connectivity index (χ3n) is 6.68. The van der Waals surface area contributed by atoms with E-state index in [0.717, 1.165) is 23.4 Å². The zero-order valence-electron chi connectivity index (χ0n) is 22.5. The maximum absolute atomic E-state index is 13.5. The summed E-state index contributed by atoms with van der Waals surface area (Å²) in [6.07, 6.45) is 3.36. The van der Waals surface area contributed by atoms with Gasteiger partial charge in [-0.15, -0.1) is 11.8 Å². The van der Waals surface area contributed by atoms with E-state index in [1.54, 1.807) is 66.7 Å². The first-order chi connectivity index (χ1) is 20.4. The summed E-state index contributed by atoms with van der Waals surface area (Å²) < 4.78 is 0. The van der Waals surface area contributed by atoms with Crippen LogP contribution in [0.15, 0.2) is 108 Å². The van der Waals surface area contributed by atoms with Gasteiger partial charge in [0.1, 0.15) is 5.70 Å². The van der Waals surface area contributed by atoms with Gasteiger partial charge >= 0.3 is 0 Å². The Balaban J connectivity index is 1.31. The monoisotopic (exact) mass is 615 g/mol. The van der Waals surface area contributed by atoms with Crippen molar-refractivity contribution < 1.29 is 14.4 Å². The van der Waals surface area contributed by atoms with E-state index >= 15 is 0 Å². The van der Waals surface area contributed by atoms with Crippen molar-refractivity contribution in [3.63, 3.8) is 0 Å². The standard InChI is InChI=1S/C33H27Cl2N3O3S/c34-27-15-7-16-28(35)26(27)20-29(37-32(40)23-10-2-1-3-11-23)33(41)36-24-13-6-14-25(19-24)42-21-31(39)38-18-8-12-22-9-4-5-17-30(22)38/h1-7,9-11,13-17,19-20H,8,12,18,21H2,(H,36,41)(H,37,40)/b29-20-. The summed E-state index contributed by atoms with van der Waals surface area (Å²) in [5.41, 5.74) is 3.43. The second-order valence-electron chi connectivity index (χ2n) is 9.56. The van der Waals surface area contributed by atoms with Gasteiger partial charge in [0, 0.05) is 44.0 Å². The first-order valence-corrected chi connectivity index (χ1v) is 15.1. The van der Waals surface area contributed by atoms with Crippen LogP contribution in [0.4, 0.5) is 11.4 Å². The molecule has 9 heteroatoms. The Labute approximate surface area is 258 Å². The number of amides is 3. The Bertz CT molecular complexity index is 1640. The van der Waals surface area contributed by atoms with Crippen molar-refractivity contribution in [1.82, 2.24) is 5.32 Å². The molecule has 1 aliphatic rings. The molecule has 0 fully saturated rings. The van der Waals surface area contributed by atoms with Gasteiger partial charge < -0.3 is 15.5 Å². The van der Waals surface area contributed by atoms with Crippen LogP contribution in [0.3, 0.4) is 0 Å². The number of benzene rings is 4. The lowest BCUT2D eigenvalue weighted by Crippen LogP contribution is -2.36. The minimum absolute atomic E-state index is 0.0316. The number of halogens is 2. The number of nitrogens with zero attached hydrogens (tertiary/aromatic N) is 1. The van der Waals surface area contributed by atoms with Crippen LogP contribution in [-0.4, -0.2) is 30.0 Å². The highest BCUT2D eigenvalue weighted by atomic mass is 35.5. The number of para-hydroxylation sites is 1. The summed E-state index contributed by atoms with van der Waals surface area (Å²) in [5, 5.41) is 6.21. The molecule has 1 heterocycles. The van der Waals surface area contributed by atoms with E-state index in [2.05, 4.69) is 16.7 Å². The molecule has 0 bridgehead atoms. The highest BCUT2D eigenvalue weighted by Crippen LogP contribution is 2.30. The molecule has 212 valence electrons. The average molecular weight is 617 g/mol. The Morgan fingerprint density at radius 3 is 2.36 bits per heavy atom. The fourth-order valence-electron chi connectivity index (χ4n) is 4.61. The number of carbonyl (C=O) groups is 3. The van der Waals surface area contributed by atoms with Crippen molar-refractivity contribution in [3.8, 4) is 0 Å². The summed E-state index contributed by atoms with van der Waals surface area (Å²) in [6, 6.07) is 28.8. The van der Waals surface area contributed by atoms with Crippen LogP contribution in [0.2, 0.25) is 10.0 Å². The number of carbonyl (C=O) groups excluding carboxylic acids is 3. The summed E-state index contributed by atoms with van der Waals surface area (Å²) in [6.45, 7) is 0.700. The molecule has 6 nitrogen and oxygen atoms in total. The van der Waals surface area contributed by atoms with E-state index in [1.807, 2.05) is 29.2 Å². The molecular weight excluding hydrogens is 589 g/mol. The van der Waals surface area contributed by atoms with Crippen LogP contribution in [0, 0.1) is 0 Å². The highest BCUT2D eigenvalue weighted by molar-refractivity contribution is 8.00. The molecule has 0 spiro atoms. The van der Waals surface area contributed by atoms with Crippen molar-refractivity contribution in [2.24, 2.45) is 0 Å². The van der Waals surface area contributed by atoms with E-state index in [0.29, 0.717) is 33.4 Å². The number of aryl methyl sites for hydroxylation is 1. The summed E-state index contributed by atoms with van der Waals surface area (Å²) >= 11 is 14.1. The van der Waals surface area contributed by atoms with Crippen LogP contribution in [-0.2, 0) is 16.0 Å². The molecule has 0 atom stereocenters. The minimum Gasteiger partial charge on any atom is -0.321 e. The van der Waals surface area contributed by atoms with Crippen LogP contribution >= 0.6 is 35.0 Å². The predicted octanol–water partition coefficient (Wildman–Crippen LogP) is 7.47. The fourth-order valence-corrected chi connectivity index (χ4v) is 5.95. The van der Waals surface area contributed by atoms with Crippen LogP contribution in [0.25, 0.3) is 6.08 Å². The van der Waals surface area contributed by atoms with Crippen LogP contribution in [0.5, 0.6) is 0 Å². The quantitative estimate of drug-likeness (QED) is 0.159. The van der Waals surface area contributed by atoms with Crippen molar-refractivity contribution in [2.45, 2.75) is 17.7 Å². The molecule has 5 rings (SSSR count). The summed E-state index contributed by atoms with van der Waals surface area (Å²) in [4.78, 5) is 42.2. The molecule has 0 radical (unpaired) electrons. The van der Waals surface area contributed by atoms with Gasteiger partial charge in [0.15, 0.2) is 0 Å². The lowest BCUT2D eigenvalue weighted by Gasteiger charge is -2.29. The van der Waals surface area contributed by atoms with Gasteiger partial charge in [-0.05, 0) is 73.0 Å². The second-order valence-corrected chi connectivity index (χ2v) is 11.4. The number of thioether (sulfide) groups is 1. The topological polar surface area (TPSA) is 78.5 Å². The van der Waals surface area contributed by atoms with E-state index < -0.39 is 11.8 Å². The first kappa shape index (κ1) is 29.5. The van der Waals surface area contributed by atoms with E-state index in [9.17, 15) is 14.4 Å². The number of nitrogens with one attached hydrogen (secondary N) is 2. The maximum Gasteiger partial charge on any atom is 0.272 e.